The first-order valence-electron chi connectivity index (χ1n) is 6.34. The van der Waals surface area contributed by atoms with Crippen LogP contribution in [-0.2, 0) is 17.7 Å². The van der Waals surface area contributed by atoms with Crippen molar-refractivity contribution in [3.63, 3.8) is 0 Å². The summed E-state index contributed by atoms with van der Waals surface area (Å²) >= 11 is 0. The second kappa shape index (κ2) is 6.03. The van der Waals surface area contributed by atoms with Crippen molar-refractivity contribution in [1.82, 2.24) is 5.32 Å². The summed E-state index contributed by atoms with van der Waals surface area (Å²) in [6.07, 6.45) is 2.22. The summed E-state index contributed by atoms with van der Waals surface area (Å²) in [7, 11) is 3.93. The highest BCUT2D eigenvalue weighted by Gasteiger charge is 2.14. The van der Waals surface area contributed by atoms with E-state index >= 15 is 0 Å². The molecule has 0 atom stereocenters. The first kappa shape index (κ1) is 12.4. The minimum Gasteiger partial charge on any atom is -0.385 e. The summed E-state index contributed by atoms with van der Waals surface area (Å²) < 4.78 is 5.10. The molecule has 0 spiro atoms. The first-order chi connectivity index (χ1) is 8.33. The summed E-state index contributed by atoms with van der Waals surface area (Å²) in [5, 5.41) is 3.42. The molecule has 0 amide bonds. The first-order valence-corrected chi connectivity index (χ1v) is 6.34. The normalized spacial score (nSPS) is 14.5. The topological polar surface area (TPSA) is 24.5 Å². The standard InChI is InChI=1S/C14H22N2O/c1-16(9-4-10-17-2)14-6-3-5-12-11-15-8-7-13(12)14/h3,5-6,15H,4,7-11H2,1-2H3. The van der Waals surface area contributed by atoms with E-state index in [0.29, 0.717) is 0 Å². The van der Waals surface area contributed by atoms with E-state index in [4.69, 9.17) is 4.74 Å². The Morgan fingerprint density at radius 3 is 3.12 bits per heavy atom. The van der Waals surface area contributed by atoms with Crippen LogP contribution in [0.25, 0.3) is 0 Å². The highest BCUT2D eigenvalue weighted by molar-refractivity contribution is 5.57. The molecule has 0 radical (unpaired) electrons. The van der Waals surface area contributed by atoms with E-state index in [-0.39, 0.29) is 0 Å². The van der Waals surface area contributed by atoms with Gasteiger partial charge in [0, 0.05) is 39.5 Å². The summed E-state index contributed by atoms with van der Waals surface area (Å²) in [5.41, 5.74) is 4.36. The Morgan fingerprint density at radius 1 is 1.41 bits per heavy atom. The highest BCUT2D eigenvalue weighted by Crippen LogP contribution is 2.25. The number of hydrogen-bond donors (Lipinski definition) is 1. The van der Waals surface area contributed by atoms with Gasteiger partial charge >= 0.3 is 0 Å². The lowest BCUT2D eigenvalue weighted by molar-refractivity contribution is 0.196. The van der Waals surface area contributed by atoms with Gasteiger partial charge in [-0.2, -0.15) is 0 Å². The number of methoxy groups -OCH3 is 1. The molecule has 1 aromatic carbocycles. The van der Waals surface area contributed by atoms with Gasteiger partial charge in [-0.3, -0.25) is 0 Å². The zero-order valence-corrected chi connectivity index (χ0v) is 10.8. The van der Waals surface area contributed by atoms with Gasteiger partial charge < -0.3 is 15.0 Å². The van der Waals surface area contributed by atoms with Crippen LogP contribution in [-0.4, -0.2) is 33.9 Å². The van der Waals surface area contributed by atoms with Gasteiger partial charge in [0.05, 0.1) is 0 Å². The third kappa shape index (κ3) is 2.99. The van der Waals surface area contributed by atoms with Gasteiger partial charge in [-0.05, 0) is 36.6 Å². The van der Waals surface area contributed by atoms with Gasteiger partial charge in [-0.15, -0.1) is 0 Å². The van der Waals surface area contributed by atoms with Crippen molar-refractivity contribution in [3.8, 4) is 0 Å². The van der Waals surface area contributed by atoms with Crippen molar-refractivity contribution in [2.45, 2.75) is 19.4 Å². The molecule has 1 aliphatic rings. The number of nitrogens with one attached hydrogen (secondary N) is 1. The van der Waals surface area contributed by atoms with E-state index in [2.05, 4.69) is 35.5 Å². The Balaban J connectivity index is 2.09. The van der Waals surface area contributed by atoms with Crippen molar-refractivity contribution in [1.29, 1.82) is 0 Å². The Labute approximate surface area is 104 Å². The SMILES string of the molecule is COCCCN(C)c1cccc2c1CCNC2. The van der Waals surface area contributed by atoms with Gasteiger partial charge in [0.1, 0.15) is 0 Å². The number of rotatable bonds is 5. The van der Waals surface area contributed by atoms with Gasteiger partial charge in [0.25, 0.3) is 0 Å². The van der Waals surface area contributed by atoms with Crippen LogP contribution in [0.1, 0.15) is 17.5 Å². The highest BCUT2D eigenvalue weighted by atomic mass is 16.5. The molecule has 0 bridgehead atoms. The fourth-order valence-corrected chi connectivity index (χ4v) is 2.44. The maximum absolute atomic E-state index is 5.10. The summed E-state index contributed by atoms with van der Waals surface area (Å²) in [6, 6.07) is 6.62. The smallest absolute Gasteiger partial charge is 0.0479 e. The van der Waals surface area contributed by atoms with Gasteiger partial charge in [-0.25, -0.2) is 0 Å². The van der Waals surface area contributed by atoms with Crippen LogP contribution in [0.2, 0.25) is 0 Å². The molecule has 3 nitrogen and oxygen atoms in total. The Kier molecular flexibility index (Phi) is 4.40. The van der Waals surface area contributed by atoms with E-state index in [1.807, 2.05) is 0 Å². The molecule has 2 rings (SSSR count). The summed E-state index contributed by atoms with van der Waals surface area (Å²) in [6.45, 7) is 3.99. The molecule has 94 valence electrons. The van der Waals surface area contributed by atoms with Gasteiger partial charge in [0.2, 0.25) is 0 Å². The number of nitrogens with zero attached hydrogens (tertiary/aromatic N) is 1. The molecule has 1 aromatic rings. The Morgan fingerprint density at radius 2 is 2.29 bits per heavy atom. The number of benzene rings is 1. The second-order valence-electron chi connectivity index (χ2n) is 4.61. The maximum atomic E-state index is 5.10. The van der Waals surface area contributed by atoms with Crippen molar-refractivity contribution < 1.29 is 4.74 Å². The molecule has 0 saturated carbocycles. The van der Waals surface area contributed by atoms with Crippen LogP contribution < -0.4 is 10.2 Å². The molecule has 0 aromatic heterocycles. The molecular formula is C14H22N2O. The number of hydrogen-bond acceptors (Lipinski definition) is 3. The van der Waals surface area contributed by atoms with Crippen LogP contribution in [0.4, 0.5) is 5.69 Å². The molecule has 0 fully saturated rings. The molecule has 17 heavy (non-hydrogen) atoms. The number of fused-ring (bicyclic) bond motifs is 1. The third-order valence-corrected chi connectivity index (χ3v) is 3.37. The van der Waals surface area contributed by atoms with E-state index < -0.39 is 0 Å². The monoisotopic (exact) mass is 234 g/mol. The molecule has 0 saturated heterocycles. The molecule has 1 aliphatic heterocycles. The average molecular weight is 234 g/mol. The van der Waals surface area contributed by atoms with Crippen molar-refractivity contribution in [2.24, 2.45) is 0 Å². The van der Waals surface area contributed by atoms with Crippen molar-refractivity contribution in [2.75, 3.05) is 38.8 Å². The lowest BCUT2D eigenvalue weighted by Crippen LogP contribution is -2.27. The number of ether oxygens (including phenoxy) is 1. The zero-order chi connectivity index (χ0) is 12.1. The Bertz CT molecular complexity index is 365. The summed E-state index contributed by atoms with van der Waals surface area (Å²) in [4.78, 5) is 2.35. The Hall–Kier alpha value is -1.06. The maximum Gasteiger partial charge on any atom is 0.0479 e. The number of anilines is 1. The molecule has 0 aliphatic carbocycles. The van der Waals surface area contributed by atoms with Crippen LogP contribution in [0.15, 0.2) is 18.2 Å². The predicted molar refractivity (Wildman–Crippen MR) is 71.6 cm³/mol. The van der Waals surface area contributed by atoms with Crippen molar-refractivity contribution >= 4 is 5.69 Å². The fourth-order valence-electron chi connectivity index (χ4n) is 2.44. The third-order valence-electron chi connectivity index (χ3n) is 3.37. The van der Waals surface area contributed by atoms with E-state index in [9.17, 15) is 0 Å². The quantitative estimate of drug-likeness (QED) is 0.786. The molecule has 1 N–H and O–H groups in total. The van der Waals surface area contributed by atoms with E-state index in [1.165, 1.54) is 16.8 Å². The molecule has 1 heterocycles. The lowest BCUT2D eigenvalue weighted by Gasteiger charge is -2.27. The predicted octanol–water partition coefficient (Wildman–Crippen LogP) is 1.81. The fraction of sp³-hybridized carbons (Fsp3) is 0.571. The van der Waals surface area contributed by atoms with Crippen LogP contribution in [0.3, 0.4) is 0 Å². The van der Waals surface area contributed by atoms with Gasteiger partial charge in [-0.1, -0.05) is 12.1 Å². The lowest BCUT2D eigenvalue weighted by atomic mass is 9.98. The molecule has 0 unspecified atom stereocenters. The summed E-state index contributed by atoms with van der Waals surface area (Å²) in [5.74, 6) is 0. The van der Waals surface area contributed by atoms with E-state index in [0.717, 1.165) is 39.1 Å². The van der Waals surface area contributed by atoms with E-state index in [1.54, 1.807) is 7.11 Å². The molecular weight excluding hydrogens is 212 g/mol. The van der Waals surface area contributed by atoms with Crippen molar-refractivity contribution in [3.05, 3.63) is 29.3 Å². The van der Waals surface area contributed by atoms with Crippen LogP contribution in [0.5, 0.6) is 0 Å². The average Bonchev–Trinajstić information content (AvgIpc) is 2.38. The second-order valence-corrected chi connectivity index (χ2v) is 4.61. The minimum atomic E-state index is 0.834. The van der Waals surface area contributed by atoms with Gasteiger partial charge in [0.15, 0.2) is 0 Å². The molecule has 3 heteroatoms. The minimum absolute atomic E-state index is 0.834. The largest absolute Gasteiger partial charge is 0.385 e. The van der Waals surface area contributed by atoms with Crippen LogP contribution in [0, 0.1) is 0 Å². The zero-order valence-electron chi connectivity index (χ0n) is 10.8. The van der Waals surface area contributed by atoms with Crippen LogP contribution >= 0.6 is 0 Å².